The summed E-state index contributed by atoms with van der Waals surface area (Å²) < 4.78 is 0. The minimum Gasteiger partial charge on any atom is -0.304 e. The maximum Gasteiger partial charge on any atom is 0.241 e. The Morgan fingerprint density at radius 1 is 1.53 bits per heavy atom. The third-order valence-electron chi connectivity index (χ3n) is 1.63. The summed E-state index contributed by atoms with van der Waals surface area (Å²) in [6, 6.07) is 0. The number of amidine groups is 1. The van der Waals surface area contributed by atoms with Crippen LogP contribution in [-0.4, -0.2) is 27.4 Å². The summed E-state index contributed by atoms with van der Waals surface area (Å²) in [5.41, 5.74) is 0. The van der Waals surface area contributed by atoms with Crippen molar-refractivity contribution in [3.8, 4) is 0 Å². The van der Waals surface area contributed by atoms with Gasteiger partial charge in [-0.3, -0.25) is 9.59 Å². The highest BCUT2D eigenvalue weighted by molar-refractivity contribution is 8.14. The molecule has 1 unspecified atom stereocenters. The zero-order valence-corrected chi connectivity index (χ0v) is 9.67. The fourth-order valence-electron chi connectivity index (χ4n) is 1.08. The van der Waals surface area contributed by atoms with Gasteiger partial charge in [0.25, 0.3) is 0 Å². The van der Waals surface area contributed by atoms with Gasteiger partial charge < -0.3 is 5.32 Å². The van der Waals surface area contributed by atoms with Crippen molar-refractivity contribution in [2.75, 3.05) is 0 Å². The Labute approximate surface area is 92.6 Å². The molecule has 0 aliphatic carbocycles. The van der Waals surface area contributed by atoms with Crippen molar-refractivity contribution >= 4 is 28.7 Å². The van der Waals surface area contributed by atoms with E-state index in [-0.39, 0.29) is 17.2 Å². The quantitative estimate of drug-likeness (QED) is 0.677. The van der Waals surface area contributed by atoms with E-state index in [2.05, 4.69) is 10.4 Å². The Bertz CT molecular complexity index is 338. The molecule has 0 aromatic heterocycles. The predicted octanol–water partition coefficient (Wildman–Crippen LogP) is 0.891. The Morgan fingerprint density at radius 3 is 2.67 bits per heavy atom. The lowest BCUT2D eigenvalue weighted by Crippen LogP contribution is -2.27. The van der Waals surface area contributed by atoms with E-state index in [4.69, 9.17) is 0 Å². The molecule has 1 aliphatic heterocycles. The van der Waals surface area contributed by atoms with Gasteiger partial charge in [-0.25, -0.2) is 5.01 Å². The molecule has 15 heavy (non-hydrogen) atoms. The van der Waals surface area contributed by atoms with Crippen molar-refractivity contribution in [1.29, 1.82) is 0 Å². The number of hydrogen-bond acceptors (Lipinski definition) is 4. The third kappa shape index (κ3) is 3.09. The molecular weight excluding hydrogens is 214 g/mol. The first-order valence-electron chi connectivity index (χ1n) is 4.50. The summed E-state index contributed by atoms with van der Waals surface area (Å²) >= 11 is 1.34. The van der Waals surface area contributed by atoms with E-state index >= 15 is 0 Å². The number of carbonyl (C=O) groups is 2. The maximum absolute atomic E-state index is 11.2. The topological polar surface area (TPSA) is 61.8 Å². The second kappa shape index (κ2) is 4.97. The van der Waals surface area contributed by atoms with E-state index in [1.165, 1.54) is 30.6 Å². The van der Waals surface area contributed by atoms with Crippen LogP contribution in [0.5, 0.6) is 0 Å². The number of rotatable bonds is 1. The second-order valence-electron chi connectivity index (χ2n) is 2.98. The molecule has 0 saturated carbocycles. The van der Waals surface area contributed by atoms with Crippen LogP contribution < -0.4 is 5.32 Å². The Kier molecular flexibility index (Phi) is 3.90. The van der Waals surface area contributed by atoms with Crippen LogP contribution in [0.1, 0.15) is 20.8 Å². The first-order valence-corrected chi connectivity index (χ1v) is 5.38. The zero-order valence-electron chi connectivity index (χ0n) is 8.85. The maximum atomic E-state index is 11.2. The van der Waals surface area contributed by atoms with Crippen molar-refractivity contribution in [2.24, 2.45) is 5.10 Å². The van der Waals surface area contributed by atoms with Crippen molar-refractivity contribution < 1.29 is 9.59 Å². The molecule has 2 amide bonds. The summed E-state index contributed by atoms with van der Waals surface area (Å²) in [6.07, 6.45) is 3.70. The molecule has 0 aromatic rings. The van der Waals surface area contributed by atoms with Crippen LogP contribution in [0.15, 0.2) is 17.3 Å². The molecule has 6 heteroatoms. The van der Waals surface area contributed by atoms with Gasteiger partial charge >= 0.3 is 0 Å². The molecule has 0 spiro atoms. The van der Waals surface area contributed by atoms with Crippen molar-refractivity contribution in [1.82, 2.24) is 10.3 Å². The Morgan fingerprint density at radius 2 is 2.20 bits per heavy atom. The highest BCUT2D eigenvalue weighted by Crippen LogP contribution is 2.25. The molecule has 5 nitrogen and oxygen atoms in total. The standard InChI is InChI=1S/C9H13N3O2S/c1-4-5-8-12(7(3)14)11-9(15-8)10-6(2)13/h4-5,8H,1-3H3,(H,10,11,13). The van der Waals surface area contributed by atoms with Crippen LogP contribution in [0.4, 0.5) is 0 Å². The van der Waals surface area contributed by atoms with E-state index in [1.807, 2.05) is 19.1 Å². The van der Waals surface area contributed by atoms with E-state index in [1.54, 1.807) is 0 Å². The van der Waals surface area contributed by atoms with Gasteiger partial charge in [-0.15, -0.1) is 5.10 Å². The largest absolute Gasteiger partial charge is 0.304 e. The average Bonchev–Trinajstić information content (AvgIpc) is 2.47. The lowest BCUT2D eigenvalue weighted by atomic mass is 10.5. The number of amides is 2. The fourth-order valence-corrected chi connectivity index (χ4v) is 2.18. The molecule has 0 bridgehead atoms. The summed E-state index contributed by atoms with van der Waals surface area (Å²) in [5.74, 6) is -0.336. The smallest absolute Gasteiger partial charge is 0.241 e. The van der Waals surface area contributed by atoms with Crippen LogP contribution >= 0.6 is 11.8 Å². The van der Waals surface area contributed by atoms with E-state index in [0.29, 0.717) is 5.17 Å². The average molecular weight is 227 g/mol. The molecule has 1 atom stereocenters. The molecule has 1 N–H and O–H groups in total. The van der Waals surface area contributed by atoms with E-state index in [9.17, 15) is 9.59 Å². The molecular formula is C9H13N3O2S. The number of nitrogens with zero attached hydrogens (tertiary/aromatic N) is 2. The van der Waals surface area contributed by atoms with E-state index < -0.39 is 0 Å². The van der Waals surface area contributed by atoms with Crippen molar-refractivity contribution in [3.63, 3.8) is 0 Å². The van der Waals surface area contributed by atoms with Gasteiger partial charge in [-0.05, 0) is 6.92 Å². The molecule has 0 radical (unpaired) electrons. The number of hydrogen-bond donors (Lipinski definition) is 1. The van der Waals surface area contributed by atoms with Crippen LogP contribution in [0.3, 0.4) is 0 Å². The second-order valence-corrected chi connectivity index (χ2v) is 4.09. The number of thioether (sulfide) groups is 1. The first kappa shape index (κ1) is 11.8. The lowest BCUT2D eigenvalue weighted by molar-refractivity contribution is -0.128. The molecule has 0 fully saturated rings. The minimum atomic E-state index is -0.189. The lowest BCUT2D eigenvalue weighted by Gasteiger charge is -2.14. The monoisotopic (exact) mass is 227 g/mol. The van der Waals surface area contributed by atoms with Gasteiger partial charge in [0.15, 0.2) is 5.17 Å². The van der Waals surface area contributed by atoms with Crippen molar-refractivity contribution in [2.45, 2.75) is 26.1 Å². The summed E-state index contributed by atoms with van der Waals surface area (Å²) in [7, 11) is 0. The van der Waals surface area contributed by atoms with Crippen LogP contribution in [0.25, 0.3) is 0 Å². The van der Waals surface area contributed by atoms with Crippen LogP contribution in [0.2, 0.25) is 0 Å². The molecule has 0 aromatic carbocycles. The van der Waals surface area contributed by atoms with Gasteiger partial charge in [0.2, 0.25) is 11.8 Å². The molecule has 1 heterocycles. The zero-order chi connectivity index (χ0) is 11.4. The molecule has 1 aliphatic rings. The predicted molar refractivity (Wildman–Crippen MR) is 60.0 cm³/mol. The minimum absolute atomic E-state index is 0.147. The van der Waals surface area contributed by atoms with Gasteiger partial charge in [0.05, 0.1) is 0 Å². The van der Waals surface area contributed by atoms with Gasteiger partial charge in [0.1, 0.15) is 5.37 Å². The highest BCUT2D eigenvalue weighted by Gasteiger charge is 2.28. The summed E-state index contributed by atoms with van der Waals surface area (Å²) in [4.78, 5) is 22.0. The van der Waals surface area contributed by atoms with Crippen LogP contribution in [0, 0.1) is 0 Å². The van der Waals surface area contributed by atoms with Gasteiger partial charge in [-0.1, -0.05) is 23.9 Å². The third-order valence-corrected chi connectivity index (χ3v) is 2.64. The molecule has 0 saturated heterocycles. The summed E-state index contributed by atoms with van der Waals surface area (Å²) in [6.45, 7) is 4.72. The van der Waals surface area contributed by atoms with Gasteiger partial charge in [0, 0.05) is 13.8 Å². The summed E-state index contributed by atoms with van der Waals surface area (Å²) in [5, 5.41) is 8.21. The molecule has 82 valence electrons. The normalized spacial score (nSPS) is 20.6. The highest BCUT2D eigenvalue weighted by atomic mass is 32.2. The Hall–Kier alpha value is -1.30. The first-order chi connectivity index (χ1) is 7.04. The Balaban J connectivity index is 2.76. The van der Waals surface area contributed by atoms with Crippen molar-refractivity contribution in [3.05, 3.63) is 12.2 Å². The SMILES string of the molecule is CC=CC1SC(NC(C)=O)=NN1C(C)=O. The number of allylic oxidation sites excluding steroid dienone is 1. The number of carbonyl (C=O) groups excluding carboxylic acids is 2. The fraction of sp³-hybridized carbons (Fsp3) is 0.444. The van der Waals surface area contributed by atoms with Crippen LogP contribution in [-0.2, 0) is 9.59 Å². The number of hydrazone groups is 1. The van der Waals surface area contributed by atoms with Gasteiger partial charge in [-0.2, -0.15) is 0 Å². The van der Waals surface area contributed by atoms with E-state index in [0.717, 1.165) is 0 Å². The number of nitrogens with one attached hydrogen (secondary N) is 1. The molecule has 1 rings (SSSR count).